The second-order valence-corrected chi connectivity index (χ2v) is 6.67. The molecule has 4 unspecified atom stereocenters. The van der Waals surface area contributed by atoms with Crippen LogP contribution in [-0.4, -0.2) is 25.0 Å². The van der Waals surface area contributed by atoms with E-state index >= 15 is 0 Å². The summed E-state index contributed by atoms with van der Waals surface area (Å²) in [5.41, 5.74) is 1.04. The number of hydrogen-bond acceptors (Lipinski definition) is 3. The van der Waals surface area contributed by atoms with E-state index in [0.717, 1.165) is 11.8 Å². The number of esters is 1. The van der Waals surface area contributed by atoms with Crippen molar-refractivity contribution in [2.45, 2.75) is 38.6 Å². The molecule has 2 aliphatic carbocycles. The molecule has 2 bridgehead atoms. The Balaban J connectivity index is 1.60. The molecular weight excluding hydrogens is 278 g/mol. The van der Waals surface area contributed by atoms with Gasteiger partial charge in [0, 0.05) is 11.6 Å². The third kappa shape index (κ3) is 2.87. The van der Waals surface area contributed by atoms with Crippen LogP contribution in [0.3, 0.4) is 0 Å². The smallest absolute Gasteiger partial charge is 0.337 e. The first-order valence-corrected chi connectivity index (χ1v) is 8.07. The van der Waals surface area contributed by atoms with Gasteiger partial charge in [-0.05, 0) is 68.2 Å². The van der Waals surface area contributed by atoms with Crippen molar-refractivity contribution in [1.29, 1.82) is 0 Å². The van der Waals surface area contributed by atoms with Crippen molar-refractivity contribution in [3.63, 3.8) is 0 Å². The van der Waals surface area contributed by atoms with Gasteiger partial charge in [-0.25, -0.2) is 4.79 Å². The summed E-state index contributed by atoms with van der Waals surface area (Å²) in [5, 5.41) is 3.13. The molecule has 0 radical (unpaired) electrons. The van der Waals surface area contributed by atoms with E-state index in [0.29, 0.717) is 17.0 Å². The van der Waals surface area contributed by atoms with Crippen LogP contribution in [0.25, 0.3) is 0 Å². The highest BCUT2D eigenvalue weighted by atomic mass is 16.5. The average Bonchev–Trinajstić information content (AvgIpc) is 3.17. The third-order valence-electron chi connectivity index (χ3n) is 5.36. The Morgan fingerprint density at radius 1 is 1.14 bits per heavy atom. The third-order valence-corrected chi connectivity index (χ3v) is 5.36. The number of carbonyl (C=O) groups excluding carboxylic acids is 2. The van der Waals surface area contributed by atoms with Gasteiger partial charge >= 0.3 is 5.97 Å². The summed E-state index contributed by atoms with van der Waals surface area (Å²) < 4.78 is 4.66. The number of hydrogen-bond donors (Lipinski definition) is 1. The van der Waals surface area contributed by atoms with E-state index in [1.165, 1.54) is 32.8 Å². The Kier molecular flexibility index (Phi) is 4.19. The van der Waals surface area contributed by atoms with E-state index in [-0.39, 0.29) is 17.9 Å². The molecule has 0 saturated heterocycles. The predicted octanol–water partition coefficient (Wildman–Crippen LogP) is 3.03. The van der Waals surface area contributed by atoms with Crippen molar-refractivity contribution in [2.24, 2.45) is 17.8 Å². The van der Waals surface area contributed by atoms with Crippen LogP contribution in [-0.2, 0) is 4.74 Å². The zero-order valence-corrected chi connectivity index (χ0v) is 13.2. The zero-order chi connectivity index (χ0) is 15.7. The highest BCUT2D eigenvalue weighted by Crippen LogP contribution is 2.49. The van der Waals surface area contributed by atoms with Crippen molar-refractivity contribution in [3.05, 3.63) is 35.4 Å². The van der Waals surface area contributed by atoms with Crippen LogP contribution in [0, 0.1) is 17.8 Å². The van der Waals surface area contributed by atoms with Gasteiger partial charge in [0.1, 0.15) is 0 Å². The van der Waals surface area contributed by atoms with Crippen molar-refractivity contribution in [2.75, 3.05) is 7.11 Å². The lowest BCUT2D eigenvalue weighted by Gasteiger charge is -2.28. The number of fused-ring (bicyclic) bond motifs is 2. The summed E-state index contributed by atoms with van der Waals surface area (Å²) in [4.78, 5) is 23.7. The van der Waals surface area contributed by atoms with Crippen LogP contribution in [0.4, 0.5) is 0 Å². The molecule has 2 fully saturated rings. The van der Waals surface area contributed by atoms with Crippen molar-refractivity contribution < 1.29 is 14.3 Å². The molecule has 0 aliphatic heterocycles. The summed E-state index contributed by atoms with van der Waals surface area (Å²) in [6, 6.07) is 6.82. The topological polar surface area (TPSA) is 55.4 Å². The van der Waals surface area contributed by atoms with Gasteiger partial charge in [-0.3, -0.25) is 4.79 Å². The van der Waals surface area contributed by atoms with E-state index in [4.69, 9.17) is 0 Å². The van der Waals surface area contributed by atoms with Crippen LogP contribution in [0.1, 0.15) is 53.3 Å². The molecule has 2 saturated carbocycles. The molecule has 0 aromatic heterocycles. The fourth-order valence-electron chi connectivity index (χ4n) is 4.18. The van der Waals surface area contributed by atoms with Gasteiger partial charge < -0.3 is 10.1 Å². The molecule has 1 aromatic carbocycles. The molecule has 3 rings (SSSR count). The van der Waals surface area contributed by atoms with Crippen LogP contribution >= 0.6 is 0 Å². The molecule has 4 heteroatoms. The van der Waals surface area contributed by atoms with Gasteiger partial charge in [0.2, 0.25) is 0 Å². The Hall–Kier alpha value is -1.84. The molecule has 4 nitrogen and oxygen atoms in total. The minimum Gasteiger partial charge on any atom is -0.465 e. The van der Waals surface area contributed by atoms with Gasteiger partial charge in [0.05, 0.1) is 12.7 Å². The Labute approximate surface area is 131 Å². The maximum absolute atomic E-state index is 12.3. The summed E-state index contributed by atoms with van der Waals surface area (Å²) >= 11 is 0. The largest absolute Gasteiger partial charge is 0.465 e. The maximum Gasteiger partial charge on any atom is 0.337 e. The van der Waals surface area contributed by atoms with E-state index < -0.39 is 0 Å². The van der Waals surface area contributed by atoms with Crippen LogP contribution in [0.5, 0.6) is 0 Å². The van der Waals surface area contributed by atoms with E-state index in [1.54, 1.807) is 24.3 Å². The zero-order valence-electron chi connectivity index (χ0n) is 13.2. The highest BCUT2D eigenvalue weighted by molar-refractivity contribution is 5.96. The number of nitrogens with one attached hydrogen (secondary N) is 1. The summed E-state index contributed by atoms with van der Waals surface area (Å²) in [5.74, 6) is 1.85. The molecule has 1 N–H and O–H groups in total. The monoisotopic (exact) mass is 301 g/mol. The predicted molar refractivity (Wildman–Crippen MR) is 83.6 cm³/mol. The van der Waals surface area contributed by atoms with E-state index in [1.807, 2.05) is 0 Å². The Morgan fingerprint density at radius 3 is 2.36 bits per heavy atom. The van der Waals surface area contributed by atoms with E-state index in [2.05, 4.69) is 17.0 Å². The van der Waals surface area contributed by atoms with Gasteiger partial charge in [-0.15, -0.1) is 0 Å². The lowest BCUT2D eigenvalue weighted by atomic mass is 9.84. The molecular formula is C18H23NO3. The van der Waals surface area contributed by atoms with Gasteiger partial charge in [-0.2, -0.15) is 0 Å². The first kappa shape index (κ1) is 15.1. The van der Waals surface area contributed by atoms with Crippen LogP contribution in [0.2, 0.25) is 0 Å². The van der Waals surface area contributed by atoms with Crippen molar-refractivity contribution in [1.82, 2.24) is 5.32 Å². The lowest BCUT2D eigenvalue weighted by Crippen LogP contribution is -2.40. The Morgan fingerprint density at radius 2 is 1.82 bits per heavy atom. The standard InChI is InChI=1S/C18H23NO3/c1-11(16-10-12-3-4-15(16)9-12)19-17(20)13-5-7-14(8-6-13)18(21)22-2/h5-8,11-12,15-16H,3-4,9-10H2,1-2H3,(H,19,20). The SMILES string of the molecule is COC(=O)c1ccc(C(=O)NC(C)C2CC3CCC2C3)cc1. The maximum atomic E-state index is 12.3. The number of benzene rings is 1. The normalized spacial score (nSPS) is 27.5. The van der Waals surface area contributed by atoms with Crippen LogP contribution in [0.15, 0.2) is 24.3 Å². The molecule has 2 aliphatic rings. The van der Waals surface area contributed by atoms with Gasteiger partial charge in [0.15, 0.2) is 0 Å². The quantitative estimate of drug-likeness (QED) is 0.870. The highest BCUT2D eigenvalue weighted by Gasteiger charge is 2.42. The minimum atomic E-state index is -0.387. The minimum absolute atomic E-state index is 0.0633. The molecule has 1 aromatic rings. The fourth-order valence-corrected chi connectivity index (χ4v) is 4.18. The van der Waals surface area contributed by atoms with Crippen molar-refractivity contribution >= 4 is 11.9 Å². The summed E-state index contributed by atoms with van der Waals surface area (Å²) in [6.45, 7) is 2.12. The molecule has 4 atom stereocenters. The molecule has 118 valence electrons. The number of methoxy groups -OCH3 is 1. The molecule has 1 amide bonds. The van der Waals surface area contributed by atoms with Gasteiger partial charge in [0.25, 0.3) is 5.91 Å². The first-order chi connectivity index (χ1) is 10.6. The van der Waals surface area contributed by atoms with Gasteiger partial charge in [-0.1, -0.05) is 6.42 Å². The number of carbonyl (C=O) groups is 2. The lowest BCUT2D eigenvalue weighted by molar-refractivity contribution is 0.0600. The molecule has 22 heavy (non-hydrogen) atoms. The average molecular weight is 301 g/mol. The van der Waals surface area contributed by atoms with E-state index in [9.17, 15) is 9.59 Å². The second kappa shape index (κ2) is 6.11. The molecule has 0 heterocycles. The number of rotatable bonds is 4. The fraction of sp³-hybridized carbons (Fsp3) is 0.556. The number of amides is 1. The summed E-state index contributed by atoms with van der Waals surface area (Å²) in [6.07, 6.45) is 5.30. The van der Waals surface area contributed by atoms with Crippen LogP contribution < -0.4 is 5.32 Å². The van der Waals surface area contributed by atoms with Crippen molar-refractivity contribution in [3.8, 4) is 0 Å². The molecule has 0 spiro atoms. The Bertz CT molecular complexity index is 566. The number of ether oxygens (including phenoxy) is 1. The summed E-state index contributed by atoms with van der Waals surface area (Å²) in [7, 11) is 1.35. The first-order valence-electron chi connectivity index (χ1n) is 8.07. The second-order valence-electron chi connectivity index (χ2n) is 6.67.